The number of hydrogen-bond acceptors (Lipinski definition) is 3. The molecule has 1 saturated heterocycles. The minimum Gasteiger partial charge on any atom is -0.377 e. The van der Waals surface area contributed by atoms with Gasteiger partial charge in [-0.3, -0.25) is 5.84 Å². The van der Waals surface area contributed by atoms with Gasteiger partial charge in [-0.2, -0.15) is 0 Å². The molecule has 0 aliphatic carbocycles. The van der Waals surface area contributed by atoms with E-state index in [1.165, 1.54) is 5.01 Å². The van der Waals surface area contributed by atoms with Crippen LogP contribution in [-0.2, 0) is 0 Å². The molecule has 1 rings (SSSR count). The van der Waals surface area contributed by atoms with E-state index in [4.69, 9.17) is 10.9 Å². The van der Waals surface area contributed by atoms with Crippen LogP contribution in [0.4, 0.5) is 0 Å². The molecule has 1 atom stereocenters. The van der Waals surface area contributed by atoms with E-state index in [0.717, 1.165) is 12.8 Å². The van der Waals surface area contributed by atoms with Crippen molar-refractivity contribution in [2.75, 3.05) is 0 Å². The van der Waals surface area contributed by atoms with Crippen LogP contribution in [0.2, 0.25) is 0 Å². The van der Waals surface area contributed by atoms with Gasteiger partial charge in [0, 0.05) is 5.54 Å². The summed E-state index contributed by atoms with van der Waals surface area (Å²) in [7, 11) is 0. The van der Waals surface area contributed by atoms with Crippen LogP contribution in [-0.4, -0.2) is 21.9 Å². The molecule has 0 amide bonds. The molecule has 1 heterocycles. The van der Waals surface area contributed by atoms with Crippen LogP contribution in [0, 0.1) is 0 Å². The molecule has 0 aromatic carbocycles. The number of nitrogens with zero attached hydrogens (tertiary/aromatic N) is 1. The summed E-state index contributed by atoms with van der Waals surface area (Å²) in [5.74, 6) is 5.54. The Balaban J connectivity index is 2.62. The van der Waals surface area contributed by atoms with Crippen molar-refractivity contribution in [2.24, 2.45) is 5.84 Å². The van der Waals surface area contributed by atoms with Gasteiger partial charge in [-0.25, -0.2) is 5.01 Å². The first-order valence-corrected chi connectivity index (χ1v) is 3.26. The van der Waals surface area contributed by atoms with Crippen LogP contribution in [0.25, 0.3) is 0 Å². The average Bonchev–Trinajstić information content (AvgIpc) is 1.97. The Kier molecular flexibility index (Phi) is 1.50. The molecule has 1 fully saturated rings. The average molecular weight is 130 g/mol. The molecule has 0 saturated carbocycles. The Morgan fingerprint density at radius 1 is 1.67 bits per heavy atom. The van der Waals surface area contributed by atoms with Gasteiger partial charge in [0.15, 0.2) is 0 Å². The normalized spacial score (nSPS) is 35.3. The summed E-state index contributed by atoms with van der Waals surface area (Å²) in [4.78, 5) is 0. The zero-order chi connectivity index (χ0) is 7.07. The van der Waals surface area contributed by atoms with Gasteiger partial charge in [0.1, 0.15) is 6.23 Å². The fourth-order valence-corrected chi connectivity index (χ4v) is 1.15. The second-order valence-electron chi connectivity index (χ2n) is 3.24. The van der Waals surface area contributed by atoms with Gasteiger partial charge < -0.3 is 5.11 Å². The maximum absolute atomic E-state index is 9.13. The molecule has 0 aromatic rings. The monoisotopic (exact) mass is 130 g/mol. The smallest absolute Gasteiger partial charge is 0.120 e. The lowest BCUT2D eigenvalue weighted by Gasteiger charge is -2.28. The Hall–Kier alpha value is -0.120. The van der Waals surface area contributed by atoms with Crippen molar-refractivity contribution in [3.63, 3.8) is 0 Å². The number of hydrazine groups is 1. The van der Waals surface area contributed by atoms with Gasteiger partial charge >= 0.3 is 0 Å². The van der Waals surface area contributed by atoms with E-state index in [0.29, 0.717) is 0 Å². The van der Waals surface area contributed by atoms with Crippen LogP contribution < -0.4 is 5.84 Å². The lowest BCUT2D eigenvalue weighted by Crippen LogP contribution is -2.47. The summed E-state index contributed by atoms with van der Waals surface area (Å²) < 4.78 is 0. The Morgan fingerprint density at radius 2 is 2.22 bits per heavy atom. The molecule has 1 unspecified atom stereocenters. The van der Waals surface area contributed by atoms with Crippen molar-refractivity contribution in [1.29, 1.82) is 0 Å². The zero-order valence-electron chi connectivity index (χ0n) is 5.96. The first kappa shape index (κ1) is 6.99. The third-order valence-electron chi connectivity index (χ3n) is 2.03. The van der Waals surface area contributed by atoms with Crippen LogP contribution in [0.15, 0.2) is 0 Å². The highest BCUT2D eigenvalue weighted by atomic mass is 16.3. The first-order chi connectivity index (χ1) is 4.04. The molecule has 0 bridgehead atoms. The van der Waals surface area contributed by atoms with Crippen molar-refractivity contribution < 1.29 is 5.11 Å². The third-order valence-corrected chi connectivity index (χ3v) is 2.03. The second kappa shape index (κ2) is 1.94. The largest absolute Gasteiger partial charge is 0.377 e. The van der Waals surface area contributed by atoms with Crippen molar-refractivity contribution in [1.82, 2.24) is 5.01 Å². The van der Waals surface area contributed by atoms with Crippen LogP contribution in [0.5, 0.6) is 0 Å². The van der Waals surface area contributed by atoms with E-state index < -0.39 is 6.23 Å². The zero-order valence-corrected chi connectivity index (χ0v) is 5.96. The number of aliphatic hydroxyl groups excluding tert-OH is 1. The highest BCUT2D eigenvalue weighted by Gasteiger charge is 2.35. The maximum Gasteiger partial charge on any atom is 0.120 e. The topological polar surface area (TPSA) is 49.5 Å². The van der Waals surface area contributed by atoms with E-state index in [2.05, 4.69) is 0 Å². The molecule has 0 radical (unpaired) electrons. The van der Waals surface area contributed by atoms with Crippen LogP contribution >= 0.6 is 0 Å². The highest BCUT2D eigenvalue weighted by molar-refractivity contribution is 4.86. The third kappa shape index (κ3) is 1.08. The van der Waals surface area contributed by atoms with Gasteiger partial charge in [-0.15, -0.1) is 0 Å². The summed E-state index contributed by atoms with van der Waals surface area (Å²) in [6.45, 7) is 4.06. The minimum atomic E-state index is -0.431. The standard InChI is InChI=1S/C6H14N2O/c1-6(2)4-3-5(9)8(6)7/h5,9H,3-4,7H2,1-2H3. The van der Waals surface area contributed by atoms with Crippen molar-refractivity contribution >= 4 is 0 Å². The molecule has 3 N–H and O–H groups in total. The predicted octanol–water partition coefficient (Wildman–Crippen LogP) is 0.0529. The summed E-state index contributed by atoms with van der Waals surface area (Å²) >= 11 is 0. The molecular weight excluding hydrogens is 116 g/mol. The lowest BCUT2D eigenvalue weighted by molar-refractivity contribution is -0.00837. The fourth-order valence-electron chi connectivity index (χ4n) is 1.15. The van der Waals surface area contributed by atoms with E-state index >= 15 is 0 Å². The fraction of sp³-hybridized carbons (Fsp3) is 1.00. The number of rotatable bonds is 0. The van der Waals surface area contributed by atoms with Crippen molar-refractivity contribution in [3.8, 4) is 0 Å². The van der Waals surface area contributed by atoms with Crippen molar-refractivity contribution in [2.45, 2.75) is 38.5 Å². The molecule has 54 valence electrons. The molecule has 0 spiro atoms. The molecule has 3 heteroatoms. The second-order valence-corrected chi connectivity index (χ2v) is 3.24. The number of nitrogens with two attached hydrogens (primary N) is 1. The Bertz CT molecular complexity index is 114. The van der Waals surface area contributed by atoms with Gasteiger partial charge in [0.2, 0.25) is 0 Å². The van der Waals surface area contributed by atoms with Crippen LogP contribution in [0.3, 0.4) is 0 Å². The van der Waals surface area contributed by atoms with E-state index in [9.17, 15) is 0 Å². The molecule has 1 aliphatic rings. The van der Waals surface area contributed by atoms with Gasteiger partial charge in [0.25, 0.3) is 0 Å². The minimum absolute atomic E-state index is 0.0145. The maximum atomic E-state index is 9.13. The van der Waals surface area contributed by atoms with E-state index in [1.54, 1.807) is 0 Å². The molecule has 0 aromatic heterocycles. The van der Waals surface area contributed by atoms with E-state index in [1.807, 2.05) is 13.8 Å². The number of hydrogen-bond donors (Lipinski definition) is 2. The van der Waals surface area contributed by atoms with Gasteiger partial charge in [0.05, 0.1) is 0 Å². The first-order valence-electron chi connectivity index (χ1n) is 3.26. The quantitative estimate of drug-likeness (QED) is 0.456. The highest BCUT2D eigenvalue weighted by Crippen LogP contribution is 2.28. The van der Waals surface area contributed by atoms with Gasteiger partial charge in [-0.1, -0.05) is 0 Å². The summed E-state index contributed by atoms with van der Waals surface area (Å²) in [5, 5.41) is 10.7. The summed E-state index contributed by atoms with van der Waals surface area (Å²) in [5.41, 5.74) is -0.0145. The van der Waals surface area contributed by atoms with Gasteiger partial charge in [-0.05, 0) is 26.7 Å². The number of aliphatic hydroxyl groups is 1. The summed E-state index contributed by atoms with van der Waals surface area (Å²) in [6.07, 6.45) is 1.34. The van der Waals surface area contributed by atoms with Crippen molar-refractivity contribution in [3.05, 3.63) is 0 Å². The Morgan fingerprint density at radius 3 is 2.33 bits per heavy atom. The SMILES string of the molecule is CC1(C)CCC(O)N1N. The van der Waals surface area contributed by atoms with Crippen LogP contribution in [0.1, 0.15) is 26.7 Å². The molecule has 9 heavy (non-hydrogen) atoms. The molecule has 3 nitrogen and oxygen atoms in total. The summed E-state index contributed by atoms with van der Waals surface area (Å²) in [6, 6.07) is 0. The molecular formula is C6H14N2O. The predicted molar refractivity (Wildman–Crippen MR) is 35.3 cm³/mol. The van der Waals surface area contributed by atoms with E-state index in [-0.39, 0.29) is 5.54 Å². The molecule has 1 aliphatic heterocycles. The Labute approximate surface area is 55.4 Å². The lowest BCUT2D eigenvalue weighted by atomic mass is 10.0.